The predicted molar refractivity (Wildman–Crippen MR) is 295 cm³/mol. The lowest BCUT2D eigenvalue weighted by molar-refractivity contribution is -0.123. The van der Waals surface area contributed by atoms with Crippen LogP contribution in [0.5, 0.6) is 17.2 Å². The zero-order valence-corrected chi connectivity index (χ0v) is 44.2. The molecule has 0 heterocycles. The fourth-order valence-electron chi connectivity index (χ4n) is 7.86. The fraction of sp³-hybridized carbons (Fsp3) is 0.441. The molecule has 398 valence electrons. The van der Waals surface area contributed by atoms with Gasteiger partial charge in [0.05, 0.1) is 35.2 Å². The van der Waals surface area contributed by atoms with Gasteiger partial charge in [-0.05, 0) is 106 Å². The minimum atomic E-state index is -0.690. The number of nitrogens with zero attached hydrogens (tertiary/aromatic N) is 1. The molecule has 5 aromatic rings. The number of nitriles is 1. The molecule has 5 aromatic carbocycles. The van der Waals surface area contributed by atoms with Gasteiger partial charge in [-0.2, -0.15) is 5.26 Å². The van der Waals surface area contributed by atoms with Gasteiger partial charge in [-0.15, -0.1) is 0 Å². The van der Waals surface area contributed by atoms with Crippen LogP contribution in [0.25, 0.3) is 10.8 Å². The van der Waals surface area contributed by atoms with Gasteiger partial charge in [0.1, 0.15) is 17.2 Å². The number of aryl methyl sites for hydroxylation is 2. The number of carbonyl (C=O) groups is 4. The molecule has 0 aliphatic carbocycles. The van der Waals surface area contributed by atoms with E-state index < -0.39 is 18.2 Å². The van der Waals surface area contributed by atoms with E-state index in [2.05, 4.69) is 33.5 Å². The van der Waals surface area contributed by atoms with E-state index in [9.17, 15) is 29.4 Å². The standard InChI is InChI=1S/C31H48N2O5.C28H30N4O4/c1-4-5-6-7-8-9-10-11-12-13-21-37-22-15-20-32-30(35)27-19-18-25-26(29(27)34)16-14-17-28(25)33-31(36)38-23-24(2)3;1-4-5-6-26(36-25-14-7-18(2)15-19(25)3)27(34)30-22-12-13-23(24(33)16-22)32-28(35)31-21-10-8-20(17-29)9-11-21/h14,16-19,24,34H,4-13,15,20-23H2,1-3H3,(H,32,35)(H,33,36);7-16,26,33H,4-6H2,1-3H3,(H,30,34)(H2,31,32,35). The van der Waals surface area contributed by atoms with Crippen LogP contribution in [0.15, 0.2) is 91.0 Å². The predicted octanol–water partition coefficient (Wildman–Crippen LogP) is 13.9. The van der Waals surface area contributed by atoms with E-state index in [1.165, 1.54) is 69.9 Å². The summed E-state index contributed by atoms with van der Waals surface area (Å²) in [7, 11) is 0. The Bertz CT molecular complexity index is 2590. The Labute approximate surface area is 437 Å². The van der Waals surface area contributed by atoms with Gasteiger partial charge in [0.25, 0.3) is 11.8 Å². The molecule has 0 saturated carbocycles. The number of unbranched alkanes of at least 4 members (excludes halogenated alkanes) is 10. The molecule has 74 heavy (non-hydrogen) atoms. The van der Waals surface area contributed by atoms with Crippen LogP contribution in [0, 0.1) is 31.1 Å². The smallest absolute Gasteiger partial charge is 0.411 e. The van der Waals surface area contributed by atoms with Crippen molar-refractivity contribution in [2.75, 3.05) is 47.6 Å². The van der Waals surface area contributed by atoms with Gasteiger partial charge >= 0.3 is 12.1 Å². The second-order valence-electron chi connectivity index (χ2n) is 18.9. The SMILES string of the molecule is CCCCC(Oc1ccc(C)cc1C)C(=O)Nc1ccc(NC(=O)Nc2ccc(C#N)cc2)c(O)c1.CCCCCCCCCCCCOCCCNC(=O)c1ccc2c(NC(=O)OCC(C)C)cccc2c1O. The minimum absolute atomic E-state index is 0.114. The first-order valence-corrected chi connectivity index (χ1v) is 26.2. The normalized spacial score (nSPS) is 11.2. The summed E-state index contributed by atoms with van der Waals surface area (Å²) in [6, 6.07) is 26.5. The third-order valence-electron chi connectivity index (χ3n) is 12.0. The zero-order chi connectivity index (χ0) is 53.7. The number of rotatable bonds is 28. The molecule has 0 spiro atoms. The highest BCUT2D eigenvalue weighted by Crippen LogP contribution is 2.34. The van der Waals surface area contributed by atoms with Gasteiger partial charge in [0, 0.05) is 48.0 Å². The summed E-state index contributed by atoms with van der Waals surface area (Å²) in [6.45, 7) is 14.3. The van der Waals surface area contributed by atoms with Crippen LogP contribution >= 0.6 is 0 Å². The van der Waals surface area contributed by atoms with Crippen molar-refractivity contribution in [3.05, 3.63) is 113 Å². The van der Waals surface area contributed by atoms with Gasteiger partial charge in [0.15, 0.2) is 6.10 Å². The molecule has 5 rings (SSSR count). The van der Waals surface area contributed by atoms with E-state index in [1.807, 2.05) is 58.9 Å². The van der Waals surface area contributed by atoms with Crippen molar-refractivity contribution < 1.29 is 43.6 Å². The third kappa shape index (κ3) is 21.0. The Hall–Kier alpha value is -7.31. The number of hydrogen-bond donors (Lipinski definition) is 7. The molecule has 1 unspecified atom stereocenters. The number of anilines is 4. The van der Waals surface area contributed by atoms with Crippen molar-refractivity contribution in [1.82, 2.24) is 5.32 Å². The van der Waals surface area contributed by atoms with Crippen LogP contribution in [-0.2, 0) is 14.3 Å². The molecule has 0 bridgehead atoms. The number of aromatic hydroxyl groups is 2. The molecule has 5 amide bonds. The highest BCUT2D eigenvalue weighted by molar-refractivity contribution is 6.08. The Kier molecular flexibility index (Phi) is 26.2. The van der Waals surface area contributed by atoms with Gasteiger partial charge < -0.3 is 45.7 Å². The first kappa shape index (κ1) is 59.3. The van der Waals surface area contributed by atoms with Gasteiger partial charge in [-0.1, -0.05) is 128 Å². The van der Waals surface area contributed by atoms with Crippen LogP contribution < -0.4 is 31.3 Å². The minimum Gasteiger partial charge on any atom is -0.506 e. The number of nitrogens with one attached hydrogen (secondary N) is 5. The lowest BCUT2D eigenvalue weighted by atomic mass is 10.0. The molecule has 0 radical (unpaired) electrons. The van der Waals surface area contributed by atoms with Crippen molar-refractivity contribution in [3.63, 3.8) is 0 Å². The average molecular weight is 1020 g/mol. The molecule has 0 saturated heterocycles. The highest BCUT2D eigenvalue weighted by atomic mass is 16.5. The third-order valence-corrected chi connectivity index (χ3v) is 12.0. The number of phenolic OH excluding ortho intramolecular Hbond substituents is 2. The quantitative estimate of drug-likeness (QED) is 0.0186. The van der Waals surface area contributed by atoms with E-state index in [4.69, 9.17) is 19.5 Å². The first-order valence-electron chi connectivity index (χ1n) is 26.2. The second-order valence-corrected chi connectivity index (χ2v) is 18.9. The summed E-state index contributed by atoms with van der Waals surface area (Å²) >= 11 is 0. The average Bonchev–Trinajstić information content (AvgIpc) is 3.37. The number of phenols is 2. The molecule has 7 N–H and O–H groups in total. The maximum atomic E-state index is 13.0. The monoisotopic (exact) mass is 1010 g/mol. The van der Waals surface area contributed by atoms with E-state index in [0.29, 0.717) is 71.7 Å². The molecule has 0 aromatic heterocycles. The largest absolute Gasteiger partial charge is 0.506 e. The van der Waals surface area contributed by atoms with Gasteiger partial charge in [-0.3, -0.25) is 14.9 Å². The Balaban J connectivity index is 0.000000321. The number of urea groups is 1. The molecule has 0 fully saturated rings. The van der Waals surface area contributed by atoms with Crippen LogP contribution in [0.1, 0.15) is 145 Å². The number of amides is 5. The van der Waals surface area contributed by atoms with Crippen molar-refractivity contribution in [2.24, 2.45) is 5.92 Å². The summed E-state index contributed by atoms with van der Waals surface area (Å²) < 4.78 is 16.9. The molecular formula is C59H78N6O9. The Morgan fingerprint density at radius 1 is 0.662 bits per heavy atom. The van der Waals surface area contributed by atoms with Gasteiger partial charge in [-0.25, -0.2) is 9.59 Å². The maximum absolute atomic E-state index is 13.0. The number of fused-ring (bicyclic) bond motifs is 1. The van der Waals surface area contributed by atoms with Gasteiger partial charge in [0.2, 0.25) is 0 Å². The summed E-state index contributed by atoms with van der Waals surface area (Å²) in [6.07, 6.45) is 14.8. The maximum Gasteiger partial charge on any atom is 0.411 e. The van der Waals surface area contributed by atoms with E-state index in [0.717, 1.165) is 37.0 Å². The van der Waals surface area contributed by atoms with E-state index in [1.54, 1.807) is 60.7 Å². The summed E-state index contributed by atoms with van der Waals surface area (Å²) in [5.41, 5.74) is 4.31. The van der Waals surface area contributed by atoms with E-state index >= 15 is 0 Å². The van der Waals surface area contributed by atoms with Crippen LogP contribution in [0.2, 0.25) is 0 Å². The van der Waals surface area contributed by atoms with Crippen molar-refractivity contribution >= 4 is 57.5 Å². The molecular weight excluding hydrogens is 937 g/mol. The van der Waals surface area contributed by atoms with Crippen LogP contribution in [0.3, 0.4) is 0 Å². The summed E-state index contributed by atoms with van der Waals surface area (Å²) in [4.78, 5) is 50.0. The van der Waals surface area contributed by atoms with E-state index in [-0.39, 0.29) is 40.5 Å². The lowest BCUT2D eigenvalue weighted by Gasteiger charge is -2.20. The van der Waals surface area contributed by atoms with Crippen LogP contribution in [0.4, 0.5) is 32.3 Å². The van der Waals surface area contributed by atoms with Crippen molar-refractivity contribution in [2.45, 2.75) is 138 Å². The van der Waals surface area contributed by atoms with Crippen LogP contribution in [-0.4, -0.2) is 66.6 Å². The number of carbonyl (C=O) groups excluding carboxylic acids is 4. The number of benzene rings is 5. The zero-order valence-electron chi connectivity index (χ0n) is 44.2. The molecule has 15 heteroatoms. The topological polar surface area (TPSA) is 220 Å². The summed E-state index contributed by atoms with van der Waals surface area (Å²) in [5, 5.41) is 44.7. The highest BCUT2D eigenvalue weighted by Gasteiger charge is 2.22. The van der Waals surface area contributed by atoms with Crippen molar-refractivity contribution in [1.29, 1.82) is 5.26 Å². The fourth-order valence-corrected chi connectivity index (χ4v) is 7.86. The Morgan fingerprint density at radius 2 is 1.34 bits per heavy atom. The first-order chi connectivity index (χ1) is 35.7. The number of ether oxygens (including phenoxy) is 3. The lowest BCUT2D eigenvalue weighted by Crippen LogP contribution is -2.33. The number of hydrogen-bond acceptors (Lipinski definition) is 10. The summed E-state index contributed by atoms with van der Waals surface area (Å²) in [5.74, 6) is -0.0857. The van der Waals surface area contributed by atoms with Crippen molar-refractivity contribution in [3.8, 4) is 23.3 Å². The second kappa shape index (κ2) is 32.7. The molecule has 15 nitrogen and oxygen atoms in total. The Morgan fingerprint density at radius 3 is 2.00 bits per heavy atom. The molecule has 0 aliphatic rings. The molecule has 0 aliphatic heterocycles. The molecule has 1 atom stereocenters.